The van der Waals surface area contributed by atoms with Crippen LogP contribution >= 0.6 is 0 Å². The first-order chi connectivity index (χ1) is 8.56. The van der Waals surface area contributed by atoms with Crippen LogP contribution in [0.25, 0.3) is 0 Å². The first-order valence-corrected chi connectivity index (χ1v) is 5.74. The fourth-order valence-corrected chi connectivity index (χ4v) is 1.88. The lowest BCUT2D eigenvalue weighted by Gasteiger charge is -2.29. The van der Waals surface area contributed by atoms with Crippen molar-refractivity contribution in [2.75, 3.05) is 32.0 Å². The van der Waals surface area contributed by atoms with E-state index in [1.54, 1.807) is 0 Å². The van der Waals surface area contributed by atoms with Crippen LogP contribution in [0.2, 0.25) is 0 Å². The van der Waals surface area contributed by atoms with Crippen LogP contribution in [0.5, 0.6) is 0 Å². The number of nitrogens with zero attached hydrogens (tertiary/aromatic N) is 1. The maximum atomic E-state index is 13.0. The zero-order valence-electron chi connectivity index (χ0n) is 10.0. The van der Waals surface area contributed by atoms with Gasteiger partial charge in [-0.2, -0.15) is 0 Å². The Morgan fingerprint density at radius 2 is 2.22 bits per heavy atom. The van der Waals surface area contributed by atoms with E-state index in [1.807, 2.05) is 11.9 Å². The number of anilines is 1. The zero-order chi connectivity index (χ0) is 13.1. The third-order valence-corrected chi connectivity index (χ3v) is 2.88. The molecule has 6 heteroatoms. The van der Waals surface area contributed by atoms with Gasteiger partial charge in [0.05, 0.1) is 6.04 Å². The summed E-state index contributed by atoms with van der Waals surface area (Å²) >= 11 is 0. The second-order valence-corrected chi connectivity index (χ2v) is 4.39. The highest BCUT2D eigenvalue weighted by Gasteiger charge is 2.23. The lowest BCUT2D eigenvalue weighted by atomic mass is 10.2. The van der Waals surface area contributed by atoms with Crippen LogP contribution in [0.1, 0.15) is 0 Å². The highest BCUT2D eigenvalue weighted by Crippen LogP contribution is 2.13. The van der Waals surface area contributed by atoms with E-state index in [1.165, 1.54) is 6.07 Å². The lowest BCUT2D eigenvalue weighted by molar-refractivity contribution is -0.119. The molecule has 2 N–H and O–H groups in total. The number of hydrogen-bond donors (Lipinski definition) is 2. The summed E-state index contributed by atoms with van der Waals surface area (Å²) in [6.07, 6.45) is 0. The summed E-state index contributed by atoms with van der Waals surface area (Å²) in [7, 11) is 1.93. The van der Waals surface area contributed by atoms with E-state index in [9.17, 15) is 13.6 Å². The van der Waals surface area contributed by atoms with Gasteiger partial charge in [0.2, 0.25) is 5.91 Å². The Bertz CT molecular complexity index is 453. The first-order valence-electron chi connectivity index (χ1n) is 5.74. The average Bonchev–Trinajstić information content (AvgIpc) is 2.34. The summed E-state index contributed by atoms with van der Waals surface area (Å²) in [5, 5.41) is 5.64. The topological polar surface area (TPSA) is 44.4 Å². The summed E-state index contributed by atoms with van der Waals surface area (Å²) < 4.78 is 25.7. The molecule has 0 saturated carbocycles. The van der Waals surface area contributed by atoms with Crippen LogP contribution in [0, 0.1) is 11.6 Å². The molecule has 1 amide bonds. The van der Waals surface area contributed by atoms with Crippen LogP contribution in [-0.2, 0) is 4.79 Å². The molecule has 1 heterocycles. The van der Waals surface area contributed by atoms with Gasteiger partial charge in [-0.1, -0.05) is 0 Å². The average molecular weight is 255 g/mol. The molecule has 0 aliphatic carbocycles. The minimum Gasteiger partial charge on any atom is -0.325 e. The second kappa shape index (κ2) is 5.41. The molecule has 1 aromatic carbocycles. The molecule has 0 aromatic heterocycles. The van der Waals surface area contributed by atoms with Crippen molar-refractivity contribution in [3.8, 4) is 0 Å². The molecule has 0 spiro atoms. The molecule has 1 aliphatic heterocycles. The monoisotopic (exact) mass is 255 g/mol. The number of rotatable bonds is 2. The van der Waals surface area contributed by atoms with Crippen LogP contribution < -0.4 is 10.6 Å². The molecule has 1 atom stereocenters. The summed E-state index contributed by atoms with van der Waals surface area (Å²) in [6, 6.07) is 2.96. The van der Waals surface area contributed by atoms with Gasteiger partial charge in [0.25, 0.3) is 0 Å². The number of halogens is 2. The Balaban J connectivity index is 2.00. The SMILES string of the molecule is CN1CCNC(C(=O)Nc2ccc(F)c(F)c2)C1. The standard InChI is InChI=1S/C12H15F2N3O/c1-17-5-4-15-11(7-17)12(18)16-8-2-3-9(13)10(14)6-8/h2-3,6,11,15H,4-5,7H2,1H3,(H,16,18). The molecule has 18 heavy (non-hydrogen) atoms. The van der Waals surface area contributed by atoms with E-state index in [-0.39, 0.29) is 17.6 Å². The number of carbonyl (C=O) groups excluding carboxylic acids is 1. The van der Waals surface area contributed by atoms with Crippen molar-refractivity contribution in [2.24, 2.45) is 0 Å². The number of nitrogens with one attached hydrogen (secondary N) is 2. The highest BCUT2D eigenvalue weighted by atomic mass is 19.2. The maximum absolute atomic E-state index is 13.0. The number of benzene rings is 1. The molecule has 98 valence electrons. The van der Waals surface area contributed by atoms with Crippen molar-refractivity contribution < 1.29 is 13.6 Å². The van der Waals surface area contributed by atoms with Crippen molar-refractivity contribution in [1.82, 2.24) is 10.2 Å². The second-order valence-electron chi connectivity index (χ2n) is 4.39. The largest absolute Gasteiger partial charge is 0.325 e. The maximum Gasteiger partial charge on any atom is 0.242 e. The van der Waals surface area contributed by atoms with E-state index in [2.05, 4.69) is 10.6 Å². The summed E-state index contributed by atoms with van der Waals surface area (Å²) in [5.41, 5.74) is 0.258. The van der Waals surface area contributed by atoms with Crippen molar-refractivity contribution in [1.29, 1.82) is 0 Å². The Hall–Kier alpha value is -1.53. The number of hydrogen-bond acceptors (Lipinski definition) is 3. The van der Waals surface area contributed by atoms with Gasteiger partial charge in [-0.3, -0.25) is 4.79 Å². The number of carbonyl (C=O) groups is 1. The molecule has 1 aliphatic rings. The number of amides is 1. The molecule has 1 fully saturated rings. The van der Waals surface area contributed by atoms with E-state index >= 15 is 0 Å². The van der Waals surface area contributed by atoms with Gasteiger partial charge >= 0.3 is 0 Å². The summed E-state index contributed by atoms with van der Waals surface area (Å²) in [4.78, 5) is 13.9. The van der Waals surface area contributed by atoms with Gasteiger partial charge in [-0.15, -0.1) is 0 Å². The fraction of sp³-hybridized carbons (Fsp3) is 0.417. The summed E-state index contributed by atoms with van der Waals surface area (Å²) in [5.74, 6) is -2.14. The van der Waals surface area contributed by atoms with Gasteiger partial charge in [0.15, 0.2) is 11.6 Å². The summed E-state index contributed by atoms with van der Waals surface area (Å²) in [6.45, 7) is 2.21. The third kappa shape index (κ3) is 3.02. The quantitative estimate of drug-likeness (QED) is 0.822. The Labute approximate surface area is 104 Å². The number of piperazine rings is 1. The van der Waals surface area contributed by atoms with Crippen LogP contribution in [-0.4, -0.2) is 43.5 Å². The van der Waals surface area contributed by atoms with Crippen LogP contribution in [0.4, 0.5) is 14.5 Å². The predicted octanol–water partition coefficient (Wildman–Crippen LogP) is 0.807. The molecule has 1 unspecified atom stereocenters. The van der Waals surface area contributed by atoms with Crippen LogP contribution in [0.15, 0.2) is 18.2 Å². The number of likely N-dealkylation sites (N-methyl/N-ethyl adjacent to an activating group) is 1. The first kappa shape index (κ1) is 12.9. The normalized spacial score (nSPS) is 20.7. The Kier molecular flexibility index (Phi) is 3.88. The molecule has 4 nitrogen and oxygen atoms in total. The third-order valence-electron chi connectivity index (χ3n) is 2.88. The van der Waals surface area contributed by atoms with Crippen molar-refractivity contribution in [2.45, 2.75) is 6.04 Å². The molecule has 0 bridgehead atoms. The smallest absolute Gasteiger partial charge is 0.242 e. The molecule has 1 saturated heterocycles. The highest BCUT2D eigenvalue weighted by molar-refractivity contribution is 5.95. The lowest BCUT2D eigenvalue weighted by Crippen LogP contribution is -2.54. The molecular formula is C12H15F2N3O. The van der Waals surface area contributed by atoms with Crippen molar-refractivity contribution in [3.63, 3.8) is 0 Å². The zero-order valence-corrected chi connectivity index (χ0v) is 10.0. The van der Waals surface area contributed by atoms with Gasteiger partial charge in [0, 0.05) is 31.4 Å². The molecule has 0 radical (unpaired) electrons. The van der Waals surface area contributed by atoms with E-state index in [0.717, 1.165) is 25.2 Å². The van der Waals surface area contributed by atoms with Gasteiger partial charge in [0.1, 0.15) is 0 Å². The Morgan fingerprint density at radius 3 is 2.89 bits per heavy atom. The fourth-order valence-electron chi connectivity index (χ4n) is 1.88. The predicted molar refractivity (Wildman–Crippen MR) is 64.3 cm³/mol. The minimum absolute atomic E-state index is 0.243. The minimum atomic E-state index is -0.971. The van der Waals surface area contributed by atoms with E-state index in [4.69, 9.17) is 0 Å². The molecule has 1 aromatic rings. The van der Waals surface area contributed by atoms with Gasteiger partial charge in [-0.25, -0.2) is 8.78 Å². The van der Waals surface area contributed by atoms with Gasteiger partial charge in [-0.05, 0) is 19.2 Å². The van der Waals surface area contributed by atoms with E-state index < -0.39 is 11.6 Å². The molecular weight excluding hydrogens is 240 g/mol. The van der Waals surface area contributed by atoms with Gasteiger partial charge < -0.3 is 15.5 Å². The van der Waals surface area contributed by atoms with Crippen molar-refractivity contribution in [3.05, 3.63) is 29.8 Å². The molecule has 2 rings (SSSR count). The van der Waals surface area contributed by atoms with E-state index in [0.29, 0.717) is 6.54 Å². The van der Waals surface area contributed by atoms with Crippen LogP contribution in [0.3, 0.4) is 0 Å². The Morgan fingerprint density at radius 1 is 1.44 bits per heavy atom. The van der Waals surface area contributed by atoms with Crippen molar-refractivity contribution >= 4 is 11.6 Å².